The van der Waals surface area contributed by atoms with Gasteiger partial charge >= 0.3 is 0 Å². The lowest BCUT2D eigenvalue weighted by Crippen LogP contribution is -2.33. The van der Waals surface area contributed by atoms with E-state index in [1.54, 1.807) is 12.3 Å². The normalized spacial score (nSPS) is 10.6. The van der Waals surface area contributed by atoms with Crippen molar-refractivity contribution in [1.82, 2.24) is 14.9 Å². The van der Waals surface area contributed by atoms with E-state index in [1.807, 2.05) is 0 Å². The minimum atomic E-state index is -0.240. The van der Waals surface area contributed by atoms with Gasteiger partial charge in [0.15, 0.2) is 0 Å². The first-order chi connectivity index (χ1) is 9.19. The fourth-order valence-corrected chi connectivity index (χ4v) is 2.69. The molecule has 100 valence electrons. The molecule has 0 aliphatic heterocycles. The number of rotatable bonds is 5. The first-order valence-electron chi connectivity index (χ1n) is 5.69. The number of hydrogen-bond acceptors (Lipinski definition) is 6. The van der Waals surface area contributed by atoms with Gasteiger partial charge in [0.25, 0.3) is 5.91 Å². The number of nitrogens with zero attached hydrogens (tertiary/aromatic N) is 3. The van der Waals surface area contributed by atoms with Crippen LogP contribution in [0.1, 0.15) is 9.67 Å². The molecule has 0 saturated heterocycles. The molecule has 0 aromatic carbocycles. The van der Waals surface area contributed by atoms with Crippen molar-refractivity contribution >= 4 is 33.3 Å². The summed E-state index contributed by atoms with van der Waals surface area (Å²) in [5.74, 6) is -0.240. The SMILES string of the molecule is C=CCN(CCO)C(=O)c1sc2nccnc2c1N. The Morgan fingerprint density at radius 3 is 2.89 bits per heavy atom. The van der Waals surface area contributed by atoms with Crippen molar-refractivity contribution in [2.24, 2.45) is 0 Å². The van der Waals surface area contributed by atoms with Gasteiger partial charge in [0, 0.05) is 25.5 Å². The van der Waals surface area contributed by atoms with E-state index in [0.717, 1.165) is 0 Å². The molecule has 0 radical (unpaired) electrons. The molecule has 3 N–H and O–H groups in total. The second kappa shape index (κ2) is 5.77. The van der Waals surface area contributed by atoms with Crippen LogP contribution in [0.2, 0.25) is 0 Å². The lowest BCUT2D eigenvalue weighted by molar-refractivity contribution is 0.0748. The maximum absolute atomic E-state index is 12.4. The number of carbonyl (C=O) groups is 1. The predicted molar refractivity (Wildman–Crippen MR) is 75.0 cm³/mol. The number of carbonyl (C=O) groups excluding carboxylic acids is 1. The predicted octanol–water partition coefficient (Wildman–Crippen LogP) is 0.894. The first kappa shape index (κ1) is 13.4. The minimum absolute atomic E-state index is 0.110. The van der Waals surface area contributed by atoms with Gasteiger partial charge in [0.05, 0.1) is 12.3 Å². The Labute approximate surface area is 114 Å². The summed E-state index contributed by atoms with van der Waals surface area (Å²) in [5, 5.41) is 8.99. The van der Waals surface area contributed by atoms with Crippen LogP contribution < -0.4 is 5.73 Å². The van der Waals surface area contributed by atoms with E-state index in [2.05, 4.69) is 16.5 Å². The summed E-state index contributed by atoms with van der Waals surface area (Å²) in [6.07, 6.45) is 4.70. The average molecular weight is 278 g/mol. The topological polar surface area (TPSA) is 92.3 Å². The summed E-state index contributed by atoms with van der Waals surface area (Å²) in [4.78, 5) is 23.1. The van der Waals surface area contributed by atoms with Crippen LogP contribution in [0.25, 0.3) is 10.3 Å². The van der Waals surface area contributed by atoms with Crippen molar-refractivity contribution in [2.75, 3.05) is 25.4 Å². The molecule has 0 saturated carbocycles. The lowest BCUT2D eigenvalue weighted by Gasteiger charge is -2.19. The molecule has 6 nitrogen and oxygen atoms in total. The first-order valence-corrected chi connectivity index (χ1v) is 6.50. The van der Waals surface area contributed by atoms with E-state index in [9.17, 15) is 4.79 Å². The number of nitrogens with two attached hydrogens (primary N) is 1. The van der Waals surface area contributed by atoms with Gasteiger partial charge in [-0.05, 0) is 0 Å². The third-order valence-corrected chi connectivity index (χ3v) is 3.65. The molecule has 2 heterocycles. The van der Waals surface area contributed by atoms with Crippen LogP contribution in [0.5, 0.6) is 0 Å². The van der Waals surface area contributed by atoms with Gasteiger partial charge < -0.3 is 15.7 Å². The van der Waals surface area contributed by atoms with Gasteiger partial charge in [0.2, 0.25) is 0 Å². The van der Waals surface area contributed by atoms with Crippen molar-refractivity contribution in [3.63, 3.8) is 0 Å². The highest BCUT2D eigenvalue weighted by Gasteiger charge is 2.22. The summed E-state index contributed by atoms with van der Waals surface area (Å²) in [5.41, 5.74) is 6.82. The van der Waals surface area contributed by atoms with Gasteiger partial charge in [0.1, 0.15) is 15.2 Å². The van der Waals surface area contributed by atoms with Crippen molar-refractivity contribution < 1.29 is 9.90 Å². The number of nitrogen functional groups attached to an aromatic ring is 1. The molecule has 0 bridgehead atoms. The van der Waals surface area contributed by atoms with Gasteiger partial charge in [-0.2, -0.15) is 0 Å². The number of anilines is 1. The molecule has 7 heteroatoms. The zero-order valence-electron chi connectivity index (χ0n) is 10.2. The highest BCUT2D eigenvalue weighted by Crippen LogP contribution is 2.31. The molecule has 2 aromatic heterocycles. The summed E-state index contributed by atoms with van der Waals surface area (Å²) in [7, 11) is 0. The van der Waals surface area contributed by atoms with Crippen molar-refractivity contribution in [2.45, 2.75) is 0 Å². The molecule has 1 amide bonds. The van der Waals surface area contributed by atoms with Crippen LogP contribution in [-0.4, -0.2) is 45.6 Å². The highest BCUT2D eigenvalue weighted by atomic mass is 32.1. The van der Waals surface area contributed by atoms with E-state index >= 15 is 0 Å². The maximum Gasteiger partial charge on any atom is 0.266 e. The van der Waals surface area contributed by atoms with Crippen LogP contribution in [0, 0.1) is 0 Å². The zero-order valence-corrected chi connectivity index (χ0v) is 11.1. The molecule has 0 atom stereocenters. The van der Waals surface area contributed by atoms with E-state index in [0.29, 0.717) is 27.5 Å². The molecule has 0 aliphatic rings. The Morgan fingerprint density at radius 2 is 2.26 bits per heavy atom. The number of thiophene rings is 1. The Balaban J connectivity index is 2.39. The Morgan fingerprint density at radius 1 is 1.53 bits per heavy atom. The van der Waals surface area contributed by atoms with Gasteiger partial charge in [-0.3, -0.25) is 4.79 Å². The zero-order chi connectivity index (χ0) is 13.8. The quantitative estimate of drug-likeness (QED) is 0.792. The third-order valence-electron chi connectivity index (χ3n) is 2.56. The minimum Gasteiger partial charge on any atom is -0.396 e. The molecule has 0 spiro atoms. The summed E-state index contributed by atoms with van der Waals surface area (Å²) >= 11 is 1.21. The second-order valence-electron chi connectivity index (χ2n) is 3.82. The number of amides is 1. The van der Waals surface area contributed by atoms with Crippen molar-refractivity contribution in [3.8, 4) is 0 Å². The monoisotopic (exact) mass is 278 g/mol. The Bertz CT molecular complexity index is 611. The summed E-state index contributed by atoms with van der Waals surface area (Å²) < 4.78 is 0. The molecule has 0 aliphatic carbocycles. The maximum atomic E-state index is 12.4. The number of aliphatic hydroxyl groups excluding tert-OH is 1. The van der Waals surface area contributed by atoms with Gasteiger partial charge in [-0.1, -0.05) is 6.08 Å². The summed E-state index contributed by atoms with van der Waals surface area (Å²) in [6, 6.07) is 0. The van der Waals surface area contributed by atoms with E-state index in [-0.39, 0.29) is 19.1 Å². The summed E-state index contributed by atoms with van der Waals surface area (Å²) in [6.45, 7) is 4.08. The van der Waals surface area contributed by atoms with E-state index in [1.165, 1.54) is 22.4 Å². The molecule has 2 rings (SSSR count). The van der Waals surface area contributed by atoms with Gasteiger partial charge in [-0.15, -0.1) is 17.9 Å². The molecule has 2 aromatic rings. The fraction of sp³-hybridized carbons (Fsp3) is 0.250. The number of aromatic nitrogens is 2. The van der Waals surface area contributed by atoms with Crippen LogP contribution >= 0.6 is 11.3 Å². The van der Waals surface area contributed by atoms with Crippen LogP contribution in [0.3, 0.4) is 0 Å². The average Bonchev–Trinajstić information content (AvgIpc) is 2.76. The number of hydrogen-bond donors (Lipinski definition) is 2. The van der Waals surface area contributed by atoms with Crippen LogP contribution in [0.15, 0.2) is 25.0 Å². The second-order valence-corrected chi connectivity index (χ2v) is 4.82. The molecular weight excluding hydrogens is 264 g/mol. The van der Waals surface area contributed by atoms with Crippen molar-refractivity contribution in [1.29, 1.82) is 0 Å². The third kappa shape index (κ3) is 2.56. The fourth-order valence-electron chi connectivity index (χ4n) is 1.70. The van der Waals surface area contributed by atoms with Crippen LogP contribution in [0.4, 0.5) is 5.69 Å². The lowest BCUT2D eigenvalue weighted by atomic mass is 10.3. The van der Waals surface area contributed by atoms with Crippen LogP contribution in [-0.2, 0) is 0 Å². The largest absolute Gasteiger partial charge is 0.396 e. The Kier molecular flexibility index (Phi) is 4.08. The molecule has 19 heavy (non-hydrogen) atoms. The molecular formula is C12H14N4O2S. The molecule has 0 fully saturated rings. The Hall–Kier alpha value is -1.99. The van der Waals surface area contributed by atoms with E-state index in [4.69, 9.17) is 10.8 Å². The molecule has 0 unspecified atom stereocenters. The van der Waals surface area contributed by atoms with E-state index < -0.39 is 0 Å². The number of fused-ring (bicyclic) bond motifs is 1. The highest BCUT2D eigenvalue weighted by molar-refractivity contribution is 7.21. The van der Waals surface area contributed by atoms with Crippen molar-refractivity contribution in [3.05, 3.63) is 29.9 Å². The number of aliphatic hydroxyl groups is 1. The standard InChI is InChI=1S/C12H14N4O2S/c1-2-5-16(6-7-17)12(18)10-8(13)9-11(19-10)15-4-3-14-9/h2-4,17H,1,5-7,13H2. The van der Waals surface area contributed by atoms with Gasteiger partial charge in [-0.25, -0.2) is 9.97 Å². The smallest absolute Gasteiger partial charge is 0.266 e.